The highest BCUT2D eigenvalue weighted by atomic mass is 35.5. The molecule has 0 aliphatic carbocycles. The fraction of sp³-hybridized carbons (Fsp3) is 0.250. The molecule has 0 radical (unpaired) electrons. The van der Waals surface area contributed by atoms with Crippen molar-refractivity contribution in [3.05, 3.63) is 40.7 Å². The Balaban J connectivity index is 2.52. The molecule has 20 heavy (non-hydrogen) atoms. The summed E-state index contributed by atoms with van der Waals surface area (Å²) in [6.45, 7) is 1.65. The first-order valence-electron chi connectivity index (χ1n) is 5.65. The number of ketones is 1. The number of rotatable bonds is 3. The minimum Gasteiger partial charge on any atom is -0.294 e. The summed E-state index contributed by atoms with van der Waals surface area (Å²) in [4.78, 5) is 11.8. The second-order valence-electron chi connectivity index (χ2n) is 3.98. The molecule has 2 aromatic rings. The van der Waals surface area contributed by atoms with Gasteiger partial charge in [-0.1, -0.05) is 23.7 Å². The molecular formula is C12H9ClF3N3O. The smallest absolute Gasteiger partial charge is 0.294 e. The van der Waals surface area contributed by atoms with Gasteiger partial charge in [-0.3, -0.25) is 4.79 Å². The Kier molecular flexibility index (Phi) is 3.80. The lowest BCUT2D eigenvalue weighted by molar-refractivity contribution is -0.141. The quantitative estimate of drug-likeness (QED) is 0.815. The van der Waals surface area contributed by atoms with Gasteiger partial charge in [0.1, 0.15) is 0 Å². The van der Waals surface area contributed by atoms with Gasteiger partial charge in [-0.25, -0.2) is 4.68 Å². The van der Waals surface area contributed by atoms with Crippen LogP contribution in [0, 0.1) is 0 Å². The van der Waals surface area contributed by atoms with Gasteiger partial charge in [-0.2, -0.15) is 13.2 Å². The molecule has 8 heteroatoms. The third kappa shape index (κ3) is 2.82. The van der Waals surface area contributed by atoms with Crippen LogP contribution in [0.1, 0.15) is 29.4 Å². The summed E-state index contributed by atoms with van der Waals surface area (Å²) in [7, 11) is 0. The van der Waals surface area contributed by atoms with Gasteiger partial charge >= 0.3 is 6.18 Å². The minimum atomic E-state index is -4.58. The van der Waals surface area contributed by atoms with E-state index in [-0.39, 0.29) is 23.5 Å². The number of hydrogen-bond donors (Lipinski definition) is 0. The Morgan fingerprint density at radius 2 is 2.10 bits per heavy atom. The van der Waals surface area contributed by atoms with Crippen LogP contribution in [0.4, 0.5) is 13.2 Å². The largest absolute Gasteiger partial charge is 0.436 e. The van der Waals surface area contributed by atoms with E-state index in [1.54, 1.807) is 6.92 Å². The summed E-state index contributed by atoms with van der Waals surface area (Å²) in [5, 5.41) is 6.79. The van der Waals surface area contributed by atoms with Crippen LogP contribution in [-0.4, -0.2) is 20.8 Å². The van der Waals surface area contributed by atoms with Crippen molar-refractivity contribution in [3.63, 3.8) is 0 Å². The van der Waals surface area contributed by atoms with Gasteiger partial charge in [0.15, 0.2) is 11.5 Å². The van der Waals surface area contributed by atoms with Crippen LogP contribution in [-0.2, 0) is 6.18 Å². The van der Waals surface area contributed by atoms with Crippen LogP contribution in [0.2, 0.25) is 5.02 Å². The first kappa shape index (κ1) is 14.5. The molecular weight excluding hydrogens is 295 g/mol. The van der Waals surface area contributed by atoms with Crippen molar-refractivity contribution in [2.75, 3.05) is 0 Å². The molecule has 0 saturated carbocycles. The van der Waals surface area contributed by atoms with Crippen LogP contribution in [0.15, 0.2) is 24.4 Å². The summed E-state index contributed by atoms with van der Waals surface area (Å²) in [5.41, 5.74) is -0.703. The van der Waals surface area contributed by atoms with Crippen molar-refractivity contribution in [1.82, 2.24) is 15.0 Å². The molecule has 106 valence electrons. The lowest BCUT2D eigenvalue weighted by Crippen LogP contribution is -2.06. The molecule has 0 saturated heterocycles. The highest BCUT2D eigenvalue weighted by molar-refractivity contribution is 6.31. The number of benzene rings is 1. The van der Waals surface area contributed by atoms with Gasteiger partial charge in [0, 0.05) is 17.0 Å². The third-order valence-corrected chi connectivity index (χ3v) is 2.85. The van der Waals surface area contributed by atoms with Crippen molar-refractivity contribution < 1.29 is 18.0 Å². The normalized spacial score (nSPS) is 11.7. The molecule has 0 atom stereocenters. The van der Waals surface area contributed by atoms with Crippen LogP contribution < -0.4 is 0 Å². The summed E-state index contributed by atoms with van der Waals surface area (Å²) in [6, 6.07) is 4.30. The standard InChI is InChI=1S/C12H9ClF3N3O/c1-2-10(20)8-5-7(13)3-4-9(8)19-6-11(17-18-19)12(14,15)16/h3-6H,2H2,1H3. The molecule has 0 unspecified atom stereocenters. The zero-order valence-corrected chi connectivity index (χ0v) is 11.0. The number of carbonyl (C=O) groups excluding carboxylic acids is 1. The summed E-state index contributed by atoms with van der Waals surface area (Å²) < 4.78 is 38.4. The Morgan fingerprint density at radius 3 is 2.65 bits per heavy atom. The van der Waals surface area contributed by atoms with Gasteiger partial charge in [0.25, 0.3) is 0 Å². The van der Waals surface area contributed by atoms with Gasteiger partial charge in [0.2, 0.25) is 0 Å². The molecule has 0 aliphatic rings. The Morgan fingerprint density at radius 1 is 1.40 bits per heavy atom. The number of carbonyl (C=O) groups is 1. The van der Waals surface area contributed by atoms with E-state index in [2.05, 4.69) is 10.3 Å². The average Bonchev–Trinajstić information content (AvgIpc) is 2.87. The predicted molar refractivity (Wildman–Crippen MR) is 66.0 cm³/mol. The fourth-order valence-electron chi connectivity index (χ4n) is 1.63. The van der Waals surface area contributed by atoms with E-state index in [1.165, 1.54) is 18.2 Å². The molecule has 2 rings (SSSR count). The summed E-state index contributed by atoms with van der Waals surface area (Å²) in [6.07, 6.45) is -3.65. The maximum absolute atomic E-state index is 12.5. The molecule has 0 spiro atoms. The molecule has 1 heterocycles. The molecule has 4 nitrogen and oxygen atoms in total. The van der Waals surface area contributed by atoms with Crippen LogP contribution >= 0.6 is 11.6 Å². The Labute approximate surface area is 117 Å². The van der Waals surface area contributed by atoms with E-state index >= 15 is 0 Å². The van der Waals surface area contributed by atoms with Gasteiger partial charge in [0.05, 0.1) is 11.9 Å². The maximum atomic E-state index is 12.5. The average molecular weight is 304 g/mol. The lowest BCUT2D eigenvalue weighted by atomic mass is 10.1. The molecule has 0 N–H and O–H groups in total. The number of nitrogens with zero attached hydrogens (tertiary/aromatic N) is 3. The molecule has 0 bridgehead atoms. The van der Waals surface area contributed by atoms with Crippen molar-refractivity contribution in [2.45, 2.75) is 19.5 Å². The zero-order valence-electron chi connectivity index (χ0n) is 10.3. The SMILES string of the molecule is CCC(=O)c1cc(Cl)ccc1-n1cc(C(F)(F)F)nn1. The Hall–Kier alpha value is -1.89. The Bertz CT molecular complexity index is 652. The van der Waals surface area contributed by atoms with Crippen molar-refractivity contribution >= 4 is 17.4 Å². The van der Waals surface area contributed by atoms with Crippen LogP contribution in [0.5, 0.6) is 0 Å². The number of hydrogen-bond acceptors (Lipinski definition) is 3. The van der Waals surface area contributed by atoms with E-state index in [4.69, 9.17) is 11.6 Å². The van der Waals surface area contributed by atoms with E-state index < -0.39 is 11.9 Å². The number of halogens is 4. The monoisotopic (exact) mass is 303 g/mol. The number of alkyl halides is 3. The maximum Gasteiger partial charge on any atom is 0.436 e. The minimum absolute atomic E-state index is 0.203. The van der Waals surface area contributed by atoms with Gasteiger partial charge in [-0.05, 0) is 18.2 Å². The predicted octanol–water partition coefficient (Wildman–Crippen LogP) is 3.53. The molecule has 0 fully saturated rings. The highest BCUT2D eigenvalue weighted by Crippen LogP contribution is 2.28. The number of aromatic nitrogens is 3. The van der Waals surface area contributed by atoms with E-state index in [0.29, 0.717) is 5.02 Å². The lowest BCUT2D eigenvalue weighted by Gasteiger charge is -2.07. The zero-order chi connectivity index (χ0) is 14.9. The van der Waals surface area contributed by atoms with Crippen molar-refractivity contribution in [3.8, 4) is 5.69 Å². The van der Waals surface area contributed by atoms with Gasteiger partial charge < -0.3 is 0 Å². The van der Waals surface area contributed by atoms with Gasteiger partial charge in [-0.15, -0.1) is 5.10 Å². The molecule has 1 aromatic heterocycles. The first-order valence-corrected chi connectivity index (χ1v) is 6.03. The van der Waals surface area contributed by atoms with Crippen LogP contribution in [0.25, 0.3) is 5.69 Å². The second kappa shape index (κ2) is 5.24. The summed E-state index contributed by atoms with van der Waals surface area (Å²) >= 11 is 5.81. The molecule has 0 amide bonds. The topological polar surface area (TPSA) is 47.8 Å². The van der Waals surface area contributed by atoms with E-state index in [9.17, 15) is 18.0 Å². The molecule has 0 aliphatic heterocycles. The van der Waals surface area contributed by atoms with Crippen molar-refractivity contribution in [1.29, 1.82) is 0 Å². The first-order chi connectivity index (χ1) is 9.32. The fourth-order valence-corrected chi connectivity index (χ4v) is 1.81. The highest BCUT2D eigenvalue weighted by Gasteiger charge is 2.34. The second-order valence-corrected chi connectivity index (χ2v) is 4.42. The third-order valence-electron chi connectivity index (χ3n) is 2.61. The van der Waals surface area contributed by atoms with E-state index in [0.717, 1.165) is 10.9 Å². The van der Waals surface area contributed by atoms with Crippen molar-refractivity contribution in [2.24, 2.45) is 0 Å². The molecule has 1 aromatic carbocycles. The van der Waals surface area contributed by atoms with Crippen LogP contribution in [0.3, 0.4) is 0 Å². The number of Topliss-reactive ketones (excluding diaryl/α,β-unsaturated/α-hetero) is 1. The van der Waals surface area contributed by atoms with E-state index in [1.807, 2.05) is 0 Å². The summed E-state index contributed by atoms with van der Waals surface area (Å²) in [5.74, 6) is -0.244.